The van der Waals surface area contributed by atoms with Crippen molar-refractivity contribution in [3.8, 4) is 28.3 Å². The first-order valence-corrected chi connectivity index (χ1v) is 15.4. The van der Waals surface area contributed by atoms with Crippen molar-refractivity contribution in [1.82, 2.24) is 25.4 Å². The van der Waals surface area contributed by atoms with Crippen molar-refractivity contribution < 1.29 is 14.3 Å². The van der Waals surface area contributed by atoms with E-state index in [-0.39, 0.29) is 28.7 Å². The van der Waals surface area contributed by atoms with Crippen molar-refractivity contribution in [1.29, 1.82) is 0 Å². The number of carbonyl (C=O) groups excluding carboxylic acids is 2. The maximum Gasteiger partial charge on any atom is 0.279 e. The Bertz CT molecular complexity index is 1890. The molecular formula is C33H32Cl2N6O4. The number of amides is 2. The summed E-state index contributed by atoms with van der Waals surface area (Å²) in [7, 11) is 3.06. The molecule has 2 aliphatic rings. The Morgan fingerprint density at radius 1 is 1.07 bits per heavy atom. The van der Waals surface area contributed by atoms with Crippen LogP contribution in [0.5, 0.6) is 5.88 Å². The lowest BCUT2D eigenvalue weighted by molar-refractivity contribution is -0.119. The van der Waals surface area contributed by atoms with Gasteiger partial charge in [0.25, 0.3) is 11.5 Å². The second-order valence-corrected chi connectivity index (χ2v) is 12.1. The summed E-state index contributed by atoms with van der Waals surface area (Å²) in [4.78, 5) is 42.1. The predicted octanol–water partition coefficient (Wildman–Crippen LogP) is 5.24. The summed E-state index contributed by atoms with van der Waals surface area (Å²) in [6.45, 7) is 2.58. The fourth-order valence-corrected chi connectivity index (χ4v) is 6.69. The van der Waals surface area contributed by atoms with Gasteiger partial charge in [0, 0.05) is 54.5 Å². The number of halogens is 2. The molecule has 2 atom stereocenters. The van der Waals surface area contributed by atoms with Gasteiger partial charge in [-0.15, -0.1) is 0 Å². The van der Waals surface area contributed by atoms with Crippen LogP contribution in [0.4, 0.5) is 5.69 Å². The van der Waals surface area contributed by atoms with Crippen molar-refractivity contribution in [3.63, 3.8) is 0 Å². The zero-order valence-electron chi connectivity index (χ0n) is 25.0. The molecular weight excluding hydrogens is 615 g/mol. The summed E-state index contributed by atoms with van der Waals surface area (Å²) in [5.74, 6) is 0.0681. The van der Waals surface area contributed by atoms with Gasteiger partial charge in [-0.3, -0.25) is 14.4 Å². The van der Waals surface area contributed by atoms with E-state index in [4.69, 9.17) is 32.9 Å². The number of nitrogens with zero attached hydrogens (tertiary/aromatic N) is 3. The number of anilines is 1. The van der Waals surface area contributed by atoms with Gasteiger partial charge in [-0.1, -0.05) is 53.5 Å². The first-order valence-electron chi connectivity index (χ1n) is 14.7. The molecule has 12 heteroatoms. The van der Waals surface area contributed by atoms with Crippen LogP contribution in [0.3, 0.4) is 0 Å². The fraction of sp³-hybridized carbons (Fsp3) is 0.303. The van der Waals surface area contributed by atoms with Crippen LogP contribution in [0, 0.1) is 6.92 Å². The van der Waals surface area contributed by atoms with Crippen LogP contribution in [0.2, 0.25) is 10.2 Å². The van der Waals surface area contributed by atoms with Gasteiger partial charge >= 0.3 is 0 Å². The Balaban J connectivity index is 1.29. The summed E-state index contributed by atoms with van der Waals surface area (Å²) in [5, 5.41) is 13.8. The molecule has 0 bridgehead atoms. The Kier molecular flexibility index (Phi) is 8.63. The third kappa shape index (κ3) is 6.05. The highest BCUT2D eigenvalue weighted by Gasteiger charge is 2.30. The molecule has 1 fully saturated rings. The van der Waals surface area contributed by atoms with E-state index in [1.54, 1.807) is 13.2 Å². The molecule has 232 valence electrons. The van der Waals surface area contributed by atoms with Crippen LogP contribution in [-0.2, 0) is 18.3 Å². The molecule has 3 N–H and O–H groups in total. The molecule has 10 nitrogen and oxygen atoms in total. The van der Waals surface area contributed by atoms with Crippen LogP contribution in [0.1, 0.15) is 52.4 Å². The molecule has 3 heterocycles. The lowest BCUT2D eigenvalue weighted by atomic mass is 9.96. The van der Waals surface area contributed by atoms with Crippen LogP contribution < -0.4 is 26.2 Å². The maximum absolute atomic E-state index is 13.1. The largest absolute Gasteiger partial charge is 0.481 e. The van der Waals surface area contributed by atoms with Crippen LogP contribution in [0.25, 0.3) is 22.4 Å². The lowest BCUT2D eigenvalue weighted by Crippen LogP contribution is -2.36. The number of aryl methyl sites for hydroxylation is 2. The normalized spacial score (nSPS) is 17.2. The zero-order valence-corrected chi connectivity index (χ0v) is 26.6. The number of hydrogen-bond acceptors (Lipinski definition) is 7. The van der Waals surface area contributed by atoms with Crippen molar-refractivity contribution >= 4 is 40.7 Å². The highest BCUT2D eigenvalue weighted by atomic mass is 35.5. The molecule has 1 aliphatic carbocycles. The molecule has 45 heavy (non-hydrogen) atoms. The Hall–Kier alpha value is -4.25. The lowest BCUT2D eigenvalue weighted by Gasteiger charge is -2.20. The van der Waals surface area contributed by atoms with Gasteiger partial charge in [0.05, 0.1) is 17.8 Å². The van der Waals surface area contributed by atoms with E-state index in [9.17, 15) is 14.4 Å². The Morgan fingerprint density at radius 2 is 1.82 bits per heavy atom. The van der Waals surface area contributed by atoms with E-state index in [0.29, 0.717) is 35.2 Å². The average Bonchev–Trinajstić information content (AvgIpc) is 3.64. The minimum Gasteiger partial charge on any atom is -0.481 e. The molecule has 1 aliphatic heterocycles. The number of nitrogens with one attached hydrogen (secondary N) is 3. The number of aromatic nitrogens is 3. The molecule has 2 amide bonds. The van der Waals surface area contributed by atoms with Gasteiger partial charge in [-0.2, -0.15) is 5.10 Å². The number of benzene rings is 2. The van der Waals surface area contributed by atoms with Gasteiger partial charge in [0.2, 0.25) is 11.8 Å². The van der Waals surface area contributed by atoms with E-state index in [1.165, 1.54) is 13.1 Å². The number of ether oxygens (including phenoxy) is 1. The molecule has 2 aromatic carbocycles. The summed E-state index contributed by atoms with van der Waals surface area (Å²) in [5.41, 5.74) is 5.87. The second kappa shape index (κ2) is 12.6. The van der Waals surface area contributed by atoms with E-state index in [1.807, 2.05) is 37.3 Å². The van der Waals surface area contributed by atoms with Crippen LogP contribution in [0.15, 0.2) is 53.3 Å². The highest BCUT2D eigenvalue weighted by molar-refractivity contribution is 6.36. The predicted molar refractivity (Wildman–Crippen MR) is 174 cm³/mol. The third-order valence-electron chi connectivity index (χ3n) is 8.47. The first kappa shape index (κ1) is 30.8. The number of fused-ring (bicyclic) bond motifs is 1. The first-order chi connectivity index (χ1) is 21.6. The summed E-state index contributed by atoms with van der Waals surface area (Å²) >= 11 is 13.1. The van der Waals surface area contributed by atoms with Gasteiger partial charge < -0.3 is 20.7 Å². The molecule has 6 rings (SSSR count). The van der Waals surface area contributed by atoms with Gasteiger partial charge in [-0.25, -0.2) is 9.67 Å². The molecule has 0 spiro atoms. The molecule has 0 radical (unpaired) electrons. The molecule has 0 saturated carbocycles. The maximum atomic E-state index is 13.1. The van der Waals surface area contributed by atoms with Crippen molar-refractivity contribution in [2.75, 3.05) is 19.0 Å². The molecule has 0 unspecified atom stereocenters. The Morgan fingerprint density at radius 3 is 2.58 bits per heavy atom. The zero-order chi connectivity index (χ0) is 31.8. The Labute approximate surface area is 270 Å². The SMILES string of the molecule is COc1nc(-c2cccc(-c3cccc(NC(=O)c4cc(Cl)nn(C)c4=O)c3C)c2Cl)cc2c1[C@@H](NC[C@@H]1CCC(=O)N1)CC2. The fourth-order valence-electron chi connectivity index (χ4n) is 6.14. The summed E-state index contributed by atoms with van der Waals surface area (Å²) in [6, 6.07) is 14.8. The van der Waals surface area contributed by atoms with Crippen molar-refractivity contribution in [3.05, 3.63) is 91.3 Å². The number of methoxy groups -OCH3 is 1. The standard InChI is InChI=1S/C33H32Cl2N6O4/c1-17-20(6-5-9-24(17)38-31(43)23-15-27(34)40-41(2)33(23)44)21-7-4-8-22(30(21)35)26-14-18-10-12-25(29(18)32(39-26)45-3)36-16-19-11-13-28(42)37-19/h4-9,14-15,19,25,36H,10-13,16H2,1-3H3,(H,37,42)(H,38,43)/t19-,25-/m0/s1. The average molecular weight is 648 g/mol. The smallest absolute Gasteiger partial charge is 0.279 e. The summed E-state index contributed by atoms with van der Waals surface area (Å²) in [6.07, 6.45) is 3.17. The van der Waals surface area contributed by atoms with E-state index >= 15 is 0 Å². The monoisotopic (exact) mass is 646 g/mol. The van der Waals surface area contributed by atoms with Crippen molar-refractivity contribution in [2.24, 2.45) is 7.05 Å². The second-order valence-electron chi connectivity index (χ2n) is 11.3. The van der Waals surface area contributed by atoms with Gasteiger partial charge in [-0.05, 0) is 61.1 Å². The van der Waals surface area contributed by atoms with Crippen molar-refractivity contribution in [2.45, 2.75) is 44.7 Å². The van der Waals surface area contributed by atoms with E-state index in [0.717, 1.165) is 57.3 Å². The van der Waals surface area contributed by atoms with Gasteiger partial charge in [0.1, 0.15) is 5.56 Å². The quantitative estimate of drug-likeness (QED) is 0.239. The van der Waals surface area contributed by atoms with Gasteiger partial charge in [0.15, 0.2) is 5.15 Å². The third-order valence-corrected chi connectivity index (χ3v) is 9.07. The number of hydrogen-bond donors (Lipinski definition) is 3. The van der Waals surface area contributed by atoms with Crippen LogP contribution >= 0.6 is 23.2 Å². The summed E-state index contributed by atoms with van der Waals surface area (Å²) < 4.78 is 6.81. The minimum atomic E-state index is -0.588. The molecule has 1 saturated heterocycles. The highest BCUT2D eigenvalue weighted by Crippen LogP contribution is 2.43. The topological polar surface area (TPSA) is 127 Å². The number of pyridine rings is 1. The number of carbonyl (C=O) groups is 2. The minimum absolute atomic E-state index is 0.0407. The van der Waals surface area contributed by atoms with Crippen LogP contribution in [-0.4, -0.2) is 46.3 Å². The van der Waals surface area contributed by atoms with E-state index in [2.05, 4.69) is 27.1 Å². The number of rotatable bonds is 8. The molecule has 4 aromatic rings. The van der Waals surface area contributed by atoms with E-state index < -0.39 is 11.5 Å². The molecule has 2 aromatic heterocycles.